The number of hydrogen-bond acceptors (Lipinski definition) is 4. The molecule has 0 amide bonds. The second kappa shape index (κ2) is 8.04. The van der Waals surface area contributed by atoms with Gasteiger partial charge in [0.15, 0.2) is 0 Å². The summed E-state index contributed by atoms with van der Waals surface area (Å²) in [5.41, 5.74) is 0.572. The van der Waals surface area contributed by atoms with Gasteiger partial charge in [0.2, 0.25) is 0 Å². The zero-order chi connectivity index (χ0) is 16.8. The van der Waals surface area contributed by atoms with Crippen LogP contribution < -0.4 is 10.3 Å². The molecule has 5 nitrogen and oxygen atoms in total. The van der Waals surface area contributed by atoms with E-state index in [2.05, 4.69) is 0 Å². The highest BCUT2D eigenvalue weighted by molar-refractivity contribution is 6.35. The van der Waals surface area contributed by atoms with Gasteiger partial charge in [-0.15, -0.1) is 0 Å². The van der Waals surface area contributed by atoms with E-state index in [9.17, 15) is 9.59 Å². The van der Waals surface area contributed by atoms with Gasteiger partial charge in [-0.2, -0.15) is 0 Å². The van der Waals surface area contributed by atoms with Gasteiger partial charge in [-0.1, -0.05) is 29.3 Å². The number of carbonyl (C=O) groups excluding carboxylic acids is 1. The van der Waals surface area contributed by atoms with Gasteiger partial charge in [-0.25, -0.2) is 0 Å². The summed E-state index contributed by atoms with van der Waals surface area (Å²) in [5.74, 6) is 0.0458. The molecule has 1 heterocycles. The topological polar surface area (TPSA) is 57.5 Å². The zero-order valence-electron chi connectivity index (χ0n) is 12.4. The molecule has 0 atom stereocenters. The zero-order valence-corrected chi connectivity index (χ0v) is 13.9. The van der Waals surface area contributed by atoms with E-state index < -0.39 is 0 Å². The summed E-state index contributed by atoms with van der Waals surface area (Å²) in [5, 5.41) is 1.05. The molecule has 0 aliphatic rings. The molecule has 0 aliphatic heterocycles. The standard InChI is InChI=1S/C16H15Cl2NO4/c1-11(20)22-6-7-23-14-4-5-19(16(21)9-14)10-12-2-3-13(17)8-15(12)18/h2-5,8-9H,6-7,10H2,1H3. The van der Waals surface area contributed by atoms with Crippen molar-refractivity contribution in [3.8, 4) is 5.75 Å². The molecule has 0 saturated heterocycles. The van der Waals surface area contributed by atoms with Crippen LogP contribution in [-0.4, -0.2) is 23.8 Å². The molecule has 2 rings (SSSR count). The number of halogens is 2. The van der Waals surface area contributed by atoms with Crippen molar-refractivity contribution in [2.75, 3.05) is 13.2 Å². The van der Waals surface area contributed by atoms with E-state index in [1.54, 1.807) is 30.5 Å². The van der Waals surface area contributed by atoms with Crippen LogP contribution in [0, 0.1) is 0 Å². The molecule has 0 spiro atoms. The van der Waals surface area contributed by atoms with Crippen LogP contribution >= 0.6 is 23.2 Å². The SMILES string of the molecule is CC(=O)OCCOc1ccn(Cc2ccc(Cl)cc2Cl)c(=O)c1. The molecular formula is C16H15Cl2NO4. The van der Waals surface area contributed by atoms with Gasteiger partial charge < -0.3 is 14.0 Å². The average molecular weight is 356 g/mol. The van der Waals surface area contributed by atoms with Crippen molar-refractivity contribution in [1.82, 2.24) is 4.57 Å². The number of rotatable bonds is 6. The lowest BCUT2D eigenvalue weighted by molar-refractivity contribution is -0.141. The monoisotopic (exact) mass is 355 g/mol. The quantitative estimate of drug-likeness (QED) is 0.589. The summed E-state index contributed by atoms with van der Waals surface area (Å²) in [6.45, 7) is 1.98. The van der Waals surface area contributed by atoms with Crippen LogP contribution in [0.1, 0.15) is 12.5 Å². The highest BCUT2D eigenvalue weighted by Crippen LogP contribution is 2.21. The largest absolute Gasteiger partial charge is 0.490 e. The predicted octanol–water partition coefficient (Wildman–Crippen LogP) is 3.15. The number of carbonyl (C=O) groups is 1. The fourth-order valence-electron chi connectivity index (χ4n) is 1.89. The average Bonchev–Trinajstić information content (AvgIpc) is 2.48. The molecule has 2 aromatic rings. The fraction of sp³-hybridized carbons (Fsp3) is 0.250. The van der Waals surface area contributed by atoms with Crippen LogP contribution in [0.25, 0.3) is 0 Å². The number of nitrogens with zero attached hydrogens (tertiary/aromatic N) is 1. The molecule has 0 radical (unpaired) electrons. The first-order valence-electron chi connectivity index (χ1n) is 6.86. The molecule has 0 unspecified atom stereocenters. The molecule has 7 heteroatoms. The lowest BCUT2D eigenvalue weighted by atomic mass is 10.2. The Hall–Kier alpha value is -1.98. The Labute approximate surface area is 143 Å². The number of hydrogen-bond donors (Lipinski definition) is 0. The Kier molecular flexibility index (Phi) is 6.07. The minimum Gasteiger partial charge on any atom is -0.490 e. The lowest BCUT2D eigenvalue weighted by Crippen LogP contribution is -2.20. The van der Waals surface area contributed by atoms with E-state index in [1.165, 1.54) is 17.6 Å². The molecule has 0 N–H and O–H groups in total. The van der Waals surface area contributed by atoms with Crippen molar-refractivity contribution in [2.24, 2.45) is 0 Å². The molecule has 0 aliphatic carbocycles. The summed E-state index contributed by atoms with van der Waals surface area (Å²) in [4.78, 5) is 22.7. The van der Waals surface area contributed by atoms with Crippen molar-refractivity contribution >= 4 is 29.2 Å². The van der Waals surface area contributed by atoms with E-state index in [4.69, 9.17) is 32.7 Å². The summed E-state index contributed by atoms with van der Waals surface area (Å²) < 4.78 is 11.6. The lowest BCUT2D eigenvalue weighted by Gasteiger charge is -2.10. The van der Waals surface area contributed by atoms with Crippen LogP contribution in [0.15, 0.2) is 41.3 Å². The minimum atomic E-state index is -0.371. The van der Waals surface area contributed by atoms with Gasteiger partial charge in [0.05, 0.1) is 6.54 Å². The van der Waals surface area contributed by atoms with Crippen LogP contribution in [0.4, 0.5) is 0 Å². The highest BCUT2D eigenvalue weighted by atomic mass is 35.5. The van der Waals surface area contributed by atoms with Gasteiger partial charge in [-0.05, 0) is 23.8 Å². The van der Waals surface area contributed by atoms with Crippen LogP contribution in [0.3, 0.4) is 0 Å². The molecular weight excluding hydrogens is 341 g/mol. The maximum absolute atomic E-state index is 12.1. The second-order valence-corrected chi connectivity index (χ2v) is 5.60. The maximum Gasteiger partial charge on any atom is 0.302 e. The normalized spacial score (nSPS) is 10.4. The van der Waals surface area contributed by atoms with Crippen LogP contribution in [-0.2, 0) is 16.1 Å². The number of ether oxygens (including phenoxy) is 2. The van der Waals surface area contributed by atoms with E-state index >= 15 is 0 Å². The van der Waals surface area contributed by atoms with Gasteiger partial charge in [0.1, 0.15) is 19.0 Å². The van der Waals surface area contributed by atoms with E-state index in [0.717, 1.165) is 5.56 Å². The third-order valence-corrected chi connectivity index (χ3v) is 3.57. The minimum absolute atomic E-state index is 0.138. The van der Waals surface area contributed by atoms with E-state index in [1.807, 2.05) is 0 Å². The van der Waals surface area contributed by atoms with Crippen molar-refractivity contribution in [1.29, 1.82) is 0 Å². The summed E-state index contributed by atoms with van der Waals surface area (Å²) >= 11 is 12.0. The number of pyridine rings is 1. The van der Waals surface area contributed by atoms with Gasteiger partial charge in [0.25, 0.3) is 5.56 Å². The molecule has 1 aromatic heterocycles. The number of benzene rings is 1. The number of aromatic nitrogens is 1. The van der Waals surface area contributed by atoms with Crippen LogP contribution in [0.5, 0.6) is 5.75 Å². The first-order chi connectivity index (χ1) is 11.0. The molecule has 122 valence electrons. The molecule has 0 fully saturated rings. The second-order valence-electron chi connectivity index (χ2n) is 4.75. The van der Waals surface area contributed by atoms with E-state index in [0.29, 0.717) is 22.3 Å². The first kappa shape index (κ1) is 17.4. The fourth-order valence-corrected chi connectivity index (χ4v) is 2.36. The van der Waals surface area contributed by atoms with E-state index in [-0.39, 0.29) is 24.7 Å². The summed E-state index contributed by atoms with van der Waals surface area (Å²) in [6.07, 6.45) is 1.62. The Balaban J connectivity index is 2.01. The molecule has 0 bridgehead atoms. The summed E-state index contributed by atoms with van der Waals surface area (Å²) in [7, 11) is 0. The Bertz CT molecular complexity index is 758. The smallest absolute Gasteiger partial charge is 0.302 e. The third kappa shape index (κ3) is 5.30. The first-order valence-corrected chi connectivity index (χ1v) is 7.62. The Morgan fingerprint density at radius 3 is 2.61 bits per heavy atom. The van der Waals surface area contributed by atoms with Crippen molar-refractivity contribution in [3.63, 3.8) is 0 Å². The molecule has 1 aromatic carbocycles. The predicted molar refractivity (Wildman–Crippen MR) is 88.4 cm³/mol. The van der Waals surface area contributed by atoms with Gasteiger partial charge in [0, 0.05) is 29.2 Å². The maximum atomic E-state index is 12.1. The van der Waals surface area contributed by atoms with Gasteiger partial charge in [-0.3, -0.25) is 9.59 Å². The number of esters is 1. The van der Waals surface area contributed by atoms with Crippen molar-refractivity contribution in [2.45, 2.75) is 13.5 Å². The third-order valence-electron chi connectivity index (χ3n) is 2.98. The Morgan fingerprint density at radius 1 is 1.17 bits per heavy atom. The van der Waals surface area contributed by atoms with Crippen LogP contribution in [0.2, 0.25) is 10.0 Å². The molecule has 23 heavy (non-hydrogen) atoms. The highest BCUT2D eigenvalue weighted by Gasteiger charge is 2.05. The molecule has 0 saturated carbocycles. The van der Waals surface area contributed by atoms with Gasteiger partial charge >= 0.3 is 5.97 Å². The Morgan fingerprint density at radius 2 is 1.96 bits per heavy atom. The van der Waals surface area contributed by atoms with Crippen molar-refractivity contribution in [3.05, 3.63) is 62.5 Å². The van der Waals surface area contributed by atoms with Crippen molar-refractivity contribution < 1.29 is 14.3 Å². The summed E-state index contributed by atoms with van der Waals surface area (Å²) in [6, 6.07) is 8.17.